The van der Waals surface area contributed by atoms with Gasteiger partial charge < -0.3 is 15.4 Å². The van der Waals surface area contributed by atoms with E-state index in [0.29, 0.717) is 0 Å². The van der Waals surface area contributed by atoms with Gasteiger partial charge in [-0.25, -0.2) is 0 Å². The number of nitrogens with two attached hydrogens (primary N) is 1. The molecule has 0 spiro atoms. The van der Waals surface area contributed by atoms with Crippen LogP contribution in [-0.2, 0) is 4.74 Å². The Labute approximate surface area is 74.9 Å². The average molecular weight is 172 g/mol. The van der Waals surface area contributed by atoms with E-state index < -0.39 is 0 Å². The van der Waals surface area contributed by atoms with Gasteiger partial charge in [-0.3, -0.25) is 0 Å². The zero-order chi connectivity index (χ0) is 8.81. The first-order valence-electron chi connectivity index (χ1n) is 4.78. The fourth-order valence-corrected chi connectivity index (χ4v) is 1.74. The number of hydrogen-bond donors (Lipinski definition) is 1. The Kier molecular flexibility index (Phi) is 4.58. The van der Waals surface area contributed by atoms with E-state index in [9.17, 15) is 0 Å². The summed E-state index contributed by atoms with van der Waals surface area (Å²) in [5.41, 5.74) is 5.60. The smallest absolute Gasteiger partial charge is 0.0474 e. The van der Waals surface area contributed by atoms with Gasteiger partial charge in [0.15, 0.2) is 0 Å². The van der Waals surface area contributed by atoms with Gasteiger partial charge in [-0.2, -0.15) is 0 Å². The fourth-order valence-electron chi connectivity index (χ4n) is 1.74. The van der Waals surface area contributed by atoms with Crippen LogP contribution in [0.25, 0.3) is 0 Å². The summed E-state index contributed by atoms with van der Waals surface area (Å²) in [4.78, 5) is 2.48. The van der Waals surface area contributed by atoms with Crippen molar-refractivity contribution in [3.63, 3.8) is 0 Å². The average Bonchev–Trinajstić information content (AvgIpc) is 2.53. The summed E-state index contributed by atoms with van der Waals surface area (Å²) in [6.07, 6.45) is 2.43. The van der Waals surface area contributed by atoms with Crippen LogP contribution >= 0.6 is 0 Å². The first kappa shape index (κ1) is 9.96. The highest BCUT2D eigenvalue weighted by atomic mass is 16.5. The lowest BCUT2D eigenvalue weighted by atomic mass is 10.1. The van der Waals surface area contributed by atoms with Crippen molar-refractivity contribution in [3.8, 4) is 0 Å². The SMILES string of the molecule is COCCCN1CC[C@H](CN)C1. The van der Waals surface area contributed by atoms with Crippen molar-refractivity contribution in [3.05, 3.63) is 0 Å². The molecule has 0 unspecified atom stereocenters. The minimum absolute atomic E-state index is 0.743. The molecule has 0 aromatic heterocycles. The maximum atomic E-state index is 5.60. The third kappa shape index (κ3) is 3.09. The summed E-state index contributed by atoms with van der Waals surface area (Å²) in [5, 5.41) is 0. The molecule has 1 heterocycles. The Morgan fingerprint density at radius 1 is 1.58 bits per heavy atom. The van der Waals surface area contributed by atoms with E-state index in [1.165, 1.54) is 26.1 Å². The number of rotatable bonds is 5. The molecule has 0 saturated carbocycles. The Bertz CT molecular complexity index is 119. The second kappa shape index (κ2) is 5.51. The normalized spacial score (nSPS) is 25.0. The van der Waals surface area contributed by atoms with Crippen molar-refractivity contribution in [1.82, 2.24) is 4.90 Å². The van der Waals surface area contributed by atoms with E-state index in [1.807, 2.05) is 0 Å². The van der Waals surface area contributed by atoms with Crippen LogP contribution in [0, 0.1) is 5.92 Å². The van der Waals surface area contributed by atoms with E-state index in [0.717, 1.165) is 25.5 Å². The molecule has 0 aromatic rings. The Morgan fingerprint density at radius 2 is 2.42 bits per heavy atom. The van der Waals surface area contributed by atoms with Gasteiger partial charge in [0.2, 0.25) is 0 Å². The number of ether oxygens (including phenoxy) is 1. The lowest BCUT2D eigenvalue weighted by Crippen LogP contribution is -2.24. The van der Waals surface area contributed by atoms with Gasteiger partial charge in [0.1, 0.15) is 0 Å². The van der Waals surface area contributed by atoms with Crippen molar-refractivity contribution in [2.24, 2.45) is 11.7 Å². The molecule has 1 fully saturated rings. The molecule has 0 amide bonds. The molecule has 1 aliphatic rings. The maximum Gasteiger partial charge on any atom is 0.0474 e. The lowest BCUT2D eigenvalue weighted by Gasteiger charge is -2.14. The van der Waals surface area contributed by atoms with Crippen LogP contribution in [0.1, 0.15) is 12.8 Å². The molecule has 1 saturated heterocycles. The molecule has 2 N–H and O–H groups in total. The third-order valence-electron chi connectivity index (χ3n) is 2.53. The van der Waals surface area contributed by atoms with Crippen molar-refractivity contribution in [2.45, 2.75) is 12.8 Å². The minimum atomic E-state index is 0.743. The minimum Gasteiger partial charge on any atom is -0.385 e. The summed E-state index contributed by atoms with van der Waals surface area (Å²) in [6.45, 7) is 5.32. The topological polar surface area (TPSA) is 38.5 Å². The summed E-state index contributed by atoms with van der Waals surface area (Å²) < 4.78 is 5.00. The highest BCUT2D eigenvalue weighted by Gasteiger charge is 2.19. The molecule has 12 heavy (non-hydrogen) atoms. The maximum absolute atomic E-state index is 5.60. The zero-order valence-corrected chi connectivity index (χ0v) is 7.96. The van der Waals surface area contributed by atoms with E-state index in [-0.39, 0.29) is 0 Å². The molecule has 0 radical (unpaired) electrons. The molecule has 0 aromatic carbocycles. The number of methoxy groups -OCH3 is 1. The molecule has 72 valence electrons. The molecule has 3 heteroatoms. The first-order chi connectivity index (χ1) is 5.86. The van der Waals surface area contributed by atoms with Crippen LogP contribution in [0.15, 0.2) is 0 Å². The van der Waals surface area contributed by atoms with Crippen LogP contribution in [0.2, 0.25) is 0 Å². The quantitative estimate of drug-likeness (QED) is 0.606. The van der Waals surface area contributed by atoms with Crippen molar-refractivity contribution >= 4 is 0 Å². The largest absolute Gasteiger partial charge is 0.385 e. The summed E-state index contributed by atoms with van der Waals surface area (Å²) in [5.74, 6) is 0.743. The highest BCUT2D eigenvalue weighted by Crippen LogP contribution is 2.14. The second-order valence-corrected chi connectivity index (χ2v) is 3.54. The van der Waals surface area contributed by atoms with E-state index in [2.05, 4.69) is 4.90 Å². The second-order valence-electron chi connectivity index (χ2n) is 3.54. The Balaban J connectivity index is 2.03. The molecule has 0 bridgehead atoms. The van der Waals surface area contributed by atoms with Gasteiger partial charge in [-0.05, 0) is 31.8 Å². The lowest BCUT2D eigenvalue weighted by molar-refractivity contribution is 0.178. The van der Waals surface area contributed by atoms with E-state index >= 15 is 0 Å². The van der Waals surface area contributed by atoms with Crippen LogP contribution in [0.4, 0.5) is 0 Å². The van der Waals surface area contributed by atoms with Gasteiger partial charge in [0.25, 0.3) is 0 Å². The molecule has 1 rings (SSSR count). The Hall–Kier alpha value is -0.120. The van der Waals surface area contributed by atoms with Crippen molar-refractivity contribution in [1.29, 1.82) is 0 Å². The number of nitrogens with zero attached hydrogens (tertiary/aromatic N) is 1. The predicted octanol–water partition coefficient (Wildman–Crippen LogP) is 0.304. The summed E-state index contributed by atoms with van der Waals surface area (Å²) >= 11 is 0. The number of likely N-dealkylation sites (tertiary alicyclic amines) is 1. The molecule has 1 aliphatic heterocycles. The van der Waals surface area contributed by atoms with Crippen LogP contribution < -0.4 is 5.73 Å². The van der Waals surface area contributed by atoms with Crippen LogP contribution in [0.5, 0.6) is 0 Å². The molecular formula is C9H20N2O. The molecular weight excluding hydrogens is 152 g/mol. The first-order valence-corrected chi connectivity index (χ1v) is 4.78. The van der Waals surface area contributed by atoms with Crippen molar-refractivity contribution in [2.75, 3.05) is 39.9 Å². The van der Waals surface area contributed by atoms with Gasteiger partial charge in [-0.15, -0.1) is 0 Å². The zero-order valence-electron chi connectivity index (χ0n) is 7.96. The van der Waals surface area contributed by atoms with Gasteiger partial charge in [-0.1, -0.05) is 0 Å². The van der Waals surface area contributed by atoms with Crippen LogP contribution in [0.3, 0.4) is 0 Å². The van der Waals surface area contributed by atoms with Gasteiger partial charge in [0, 0.05) is 26.8 Å². The van der Waals surface area contributed by atoms with E-state index in [4.69, 9.17) is 10.5 Å². The fraction of sp³-hybridized carbons (Fsp3) is 1.00. The standard InChI is InChI=1S/C9H20N2O/c1-12-6-2-4-11-5-3-9(7-10)8-11/h9H,2-8,10H2,1H3/t9-/m1/s1. The van der Waals surface area contributed by atoms with Crippen LogP contribution in [-0.4, -0.2) is 44.8 Å². The Morgan fingerprint density at radius 3 is 3.00 bits per heavy atom. The number of hydrogen-bond acceptors (Lipinski definition) is 3. The molecule has 3 nitrogen and oxygen atoms in total. The van der Waals surface area contributed by atoms with E-state index in [1.54, 1.807) is 7.11 Å². The van der Waals surface area contributed by atoms with Gasteiger partial charge in [0.05, 0.1) is 0 Å². The van der Waals surface area contributed by atoms with Gasteiger partial charge >= 0.3 is 0 Å². The van der Waals surface area contributed by atoms with Crippen molar-refractivity contribution < 1.29 is 4.74 Å². The predicted molar refractivity (Wildman–Crippen MR) is 50.1 cm³/mol. The molecule has 0 aliphatic carbocycles. The molecule has 1 atom stereocenters. The summed E-state index contributed by atoms with van der Waals surface area (Å²) in [6, 6.07) is 0. The summed E-state index contributed by atoms with van der Waals surface area (Å²) in [7, 11) is 1.76. The highest BCUT2D eigenvalue weighted by molar-refractivity contribution is 4.75. The monoisotopic (exact) mass is 172 g/mol. The third-order valence-corrected chi connectivity index (χ3v) is 2.53.